The molecule has 1 heterocycles. The summed E-state index contributed by atoms with van der Waals surface area (Å²) in [6.07, 6.45) is -8.56. The van der Waals surface area contributed by atoms with Crippen LogP contribution in [0.2, 0.25) is 0 Å². The lowest BCUT2D eigenvalue weighted by molar-refractivity contribution is -0.274. The number of alkyl halides is 6. The highest BCUT2D eigenvalue weighted by Crippen LogP contribution is 2.29. The van der Waals surface area contributed by atoms with E-state index in [1.807, 2.05) is 0 Å². The number of guanidine groups is 1. The predicted octanol–water partition coefficient (Wildman–Crippen LogP) is 3.20. The van der Waals surface area contributed by atoms with Crippen LogP contribution in [0.3, 0.4) is 0 Å². The van der Waals surface area contributed by atoms with Crippen molar-refractivity contribution < 1.29 is 31.1 Å². The summed E-state index contributed by atoms with van der Waals surface area (Å²) in [7, 11) is 0. The van der Waals surface area contributed by atoms with Crippen LogP contribution in [-0.2, 0) is 0 Å². The van der Waals surface area contributed by atoms with Crippen LogP contribution >= 0.6 is 0 Å². The number of ether oxygens (including phenoxy) is 1. The number of likely N-dealkylation sites (tertiary alicyclic amines) is 1. The van der Waals surface area contributed by atoms with Crippen LogP contribution < -0.4 is 15.8 Å². The Hall–Kier alpha value is -2.17. The second kappa shape index (κ2) is 8.02. The summed E-state index contributed by atoms with van der Waals surface area (Å²) in [6.45, 7) is -0.238. The van der Waals surface area contributed by atoms with Crippen molar-refractivity contribution in [3.63, 3.8) is 0 Å². The van der Waals surface area contributed by atoms with Gasteiger partial charge in [-0.15, -0.1) is 13.2 Å². The molecule has 11 heteroatoms. The third kappa shape index (κ3) is 6.98. The third-order valence-electron chi connectivity index (χ3n) is 3.67. The number of aliphatic imine (C=N–C) groups is 1. The van der Waals surface area contributed by atoms with Crippen molar-refractivity contribution in [2.75, 3.05) is 31.5 Å². The molecule has 1 aromatic carbocycles. The van der Waals surface area contributed by atoms with E-state index >= 15 is 0 Å². The summed E-state index contributed by atoms with van der Waals surface area (Å²) >= 11 is 0. The molecule has 0 aliphatic carbocycles. The molecule has 1 atom stereocenters. The standard InChI is InChI=1S/C15H18F6N4O/c16-14(17,18)9-25-6-5-10(8-25)7-23-13(22)24-11-3-1-2-4-12(11)26-15(19,20)21/h1-4,10H,5-9H2,(H3,22,23,24). The fourth-order valence-corrected chi connectivity index (χ4v) is 2.65. The van der Waals surface area contributed by atoms with Gasteiger partial charge in [-0.2, -0.15) is 13.2 Å². The van der Waals surface area contributed by atoms with Gasteiger partial charge in [-0.25, -0.2) is 0 Å². The molecule has 1 aromatic rings. The average Bonchev–Trinajstić information content (AvgIpc) is 2.91. The number of hydrogen-bond donors (Lipinski definition) is 2. The maximum absolute atomic E-state index is 12.4. The molecule has 0 bridgehead atoms. The summed E-state index contributed by atoms with van der Waals surface area (Å²) in [5, 5.41) is 2.52. The van der Waals surface area contributed by atoms with Crippen LogP contribution in [0.25, 0.3) is 0 Å². The van der Waals surface area contributed by atoms with E-state index < -0.39 is 24.8 Å². The van der Waals surface area contributed by atoms with Gasteiger partial charge in [0.2, 0.25) is 0 Å². The van der Waals surface area contributed by atoms with E-state index in [1.54, 1.807) is 0 Å². The minimum Gasteiger partial charge on any atom is -0.404 e. The maximum Gasteiger partial charge on any atom is 0.573 e. The zero-order chi connectivity index (χ0) is 19.4. The molecule has 1 fully saturated rings. The Morgan fingerprint density at radius 3 is 2.58 bits per heavy atom. The van der Waals surface area contributed by atoms with Crippen LogP contribution in [0.1, 0.15) is 6.42 Å². The first-order valence-electron chi connectivity index (χ1n) is 7.72. The zero-order valence-electron chi connectivity index (χ0n) is 13.6. The van der Waals surface area contributed by atoms with Crippen molar-refractivity contribution in [2.45, 2.75) is 19.0 Å². The zero-order valence-corrected chi connectivity index (χ0v) is 13.6. The number of nitrogens with zero attached hydrogens (tertiary/aromatic N) is 2. The van der Waals surface area contributed by atoms with E-state index in [0.29, 0.717) is 13.0 Å². The average molecular weight is 384 g/mol. The first kappa shape index (κ1) is 20.1. The summed E-state index contributed by atoms with van der Waals surface area (Å²) in [5.41, 5.74) is 5.64. The summed E-state index contributed by atoms with van der Waals surface area (Å²) < 4.78 is 78.1. The molecule has 1 saturated heterocycles. The Morgan fingerprint density at radius 2 is 1.92 bits per heavy atom. The van der Waals surface area contributed by atoms with E-state index in [9.17, 15) is 26.3 Å². The Bertz CT molecular complexity index is 631. The summed E-state index contributed by atoms with van der Waals surface area (Å²) in [6, 6.07) is 5.32. The van der Waals surface area contributed by atoms with Gasteiger partial charge >= 0.3 is 12.5 Å². The number of anilines is 1. The first-order chi connectivity index (χ1) is 12.0. The first-order valence-corrected chi connectivity index (χ1v) is 7.72. The van der Waals surface area contributed by atoms with E-state index in [2.05, 4.69) is 15.0 Å². The van der Waals surface area contributed by atoms with Crippen molar-refractivity contribution in [1.82, 2.24) is 4.90 Å². The maximum atomic E-state index is 12.4. The highest BCUT2D eigenvalue weighted by atomic mass is 19.4. The molecule has 0 radical (unpaired) electrons. The van der Waals surface area contributed by atoms with Crippen LogP contribution in [0.5, 0.6) is 5.75 Å². The topological polar surface area (TPSA) is 62.9 Å². The number of rotatable bonds is 5. The van der Waals surface area contributed by atoms with Gasteiger partial charge in [0.05, 0.1) is 12.2 Å². The lowest BCUT2D eigenvalue weighted by atomic mass is 10.1. The number of nitrogens with two attached hydrogens (primary N) is 1. The summed E-state index contributed by atoms with van der Waals surface area (Å²) in [4.78, 5) is 5.30. The predicted molar refractivity (Wildman–Crippen MR) is 83.8 cm³/mol. The van der Waals surface area contributed by atoms with Crippen molar-refractivity contribution in [3.8, 4) is 5.75 Å². The molecule has 0 saturated carbocycles. The van der Waals surface area contributed by atoms with Gasteiger partial charge in [-0.1, -0.05) is 12.1 Å². The number of hydrogen-bond acceptors (Lipinski definition) is 3. The molecule has 0 spiro atoms. The van der Waals surface area contributed by atoms with Gasteiger partial charge in [-0.3, -0.25) is 9.89 Å². The van der Waals surface area contributed by atoms with Crippen LogP contribution in [0, 0.1) is 5.92 Å². The van der Waals surface area contributed by atoms with Crippen LogP contribution in [-0.4, -0.2) is 49.6 Å². The van der Waals surface area contributed by atoms with Crippen LogP contribution in [0.4, 0.5) is 32.0 Å². The molecule has 1 aliphatic rings. The van der Waals surface area contributed by atoms with Crippen molar-refractivity contribution in [3.05, 3.63) is 24.3 Å². The van der Waals surface area contributed by atoms with Crippen LogP contribution in [0.15, 0.2) is 29.3 Å². The second-order valence-electron chi connectivity index (χ2n) is 5.90. The van der Waals surface area contributed by atoms with Crippen molar-refractivity contribution in [1.29, 1.82) is 0 Å². The normalized spacial score (nSPS) is 19.6. The van der Waals surface area contributed by atoms with Crippen molar-refractivity contribution in [2.24, 2.45) is 16.6 Å². The van der Waals surface area contributed by atoms with Gasteiger partial charge in [0.1, 0.15) is 0 Å². The van der Waals surface area contributed by atoms with E-state index in [1.165, 1.54) is 23.1 Å². The Labute approximate surface area is 145 Å². The quantitative estimate of drug-likeness (QED) is 0.465. The fourth-order valence-electron chi connectivity index (χ4n) is 2.65. The van der Waals surface area contributed by atoms with E-state index in [-0.39, 0.29) is 30.7 Å². The molecule has 0 aromatic heterocycles. The molecular formula is C15H18F6N4O. The molecule has 1 unspecified atom stereocenters. The molecular weight excluding hydrogens is 366 g/mol. The van der Waals surface area contributed by atoms with Gasteiger partial charge in [0, 0.05) is 13.1 Å². The SMILES string of the molecule is NC(=NCC1CCN(CC(F)(F)F)C1)Nc1ccccc1OC(F)(F)F. The van der Waals surface area contributed by atoms with Gasteiger partial charge < -0.3 is 15.8 Å². The Kier molecular flexibility index (Phi) is 6.21. The molecule has 0 amide bonds. The Balaban J connectivity index is 1.90. The molecule has 1 aliphatic heterocycles. The smallest absolute Gasteiger partial charge is 0.404 e. The second-order valence-corrected chi connectivity index (χ2v) is 5.90. The van der Waals surface area contributed by atoms with E-state index in [0.717, 1.165) is 6.07 Å². The number of para-hydroxylation sites is 2. The van der Waals surface area contributed by atoms with Gasteiger partial charge in [0.15, 0.2) is 11.7 Å². The monoisotopic (exact) mass is 384 g/mol. The number of halogens is 6. The highest BCUT2D eigenvalue weighted by Gasteiger charge is 2.34. The summed E-state index contributed by atoms with van der Waals surface area (Å²) in [5.74, 6) is -0.702. The molecule has 2 rings (SSSR count). The molecule has 146 valence electrons. The Morgan fingerprint density at radius 1 is 1.23 bits per heavy atom. The minimum absolute atomic E-state index is 0.0174. The lowest BCUT2D eigenvalue weighted by Crippen LogP contribution is -2.32. The number of benzene rings is 1. The lowest BCUT2D eigenvalue weighted by Gasteiger charge is -2.17. The van der Waals surface area contributed by atoms with E-state index in [4.69, 9.17) is 5.73 Å². The third-order valence-corrected chi connectivity index (χ3v) is 3.67. The van der Waals surface area contributed by atoms with Gasteiger partial charge in [0.25, 0.3) is 0 Å². The minimum atomic E-state index is -4.85. The molecule has 3 N–H and O–H groups in total. The highest BCUT2D eigenvalue weighted by molar-refractivity contribution is 5.93. The largest absolute Gasteiger partial charge is 0.573 e. The van der Waals surface area contributed by atoms with Crippen molar-refractivity contribution >= 4 is 11.6 Å². The fraction of sp³-hybridized carbons (Fsp3) is 0.533. The number of nitrogens with one attached hydrogen (secondary N) is 1. The molecule has 5 nitrogen and oxygen atoms in total. The molecule has 26 heavy (non-hydrogen) atoms. The van der Waals surface area contributed by atoms with Gasteiger partial charge in [-0.05, 0) is 31.0 Å².